The van der Waals surface area contributed by atoms with Crippen molar-refractivity contribution in [2.24, 2.45) is 5.92 Å². The van der Waals surface area contributed by atoms with Crippen molar-refractivity contribution < 1.29 is 4.52 Å². The second-order valence-electron chi connectivity index (χ2n) is 7.22. The number of aromatic nitrogens is 5. The molecule has 0 N–H and O–H groups in total. The molecule has 2 heterocycles. The fourth-order valence-corrected chi connectivity index (χ4v) is 3.85. The summed E-state index contributed by atoms with van der Waals surface area (Å²) in [5, 5.41) is 13.8. The first-order chi connectivity index (χ1) is 14.2. The van der Waals surface area contributed by atoms with E-state index in [0.29, 0.717) is 24.0 Å². The Morgan fingerprint density at radius 3 is 2.41 bits per heavy atom. The molecule has 0 amide bonds. The minimum Gasteiger partial charge on any atom is -0.338 e. The zero-order valence-corrected chi connectivity index (χ0v) is 17.3. The lowest BCUT2D eigenvalue weighted by molar-refractivity contribution is 0.382. The summed E-state index contributed by atoms with van der Waals surface area (Å²) >= 11 is 1.55. The standard InChI is InChI=1S/C22H23N5OS/c1-16(2)13-19-23-21(28-26-19)15-29-22-25-24-20(14-17-9-5-3-6-10-17)27(22)18-11-7-4-8-12-18/h3-12,16H,13-15H2,1-2H3. The molecule has 2 aromatic carbocycles. The minimum absolute atomic E-state index is 0.495. The molecule has 0 aliphatic carbocycles. The predicted octanol–water partition coefficient (Wildman–Crippen LogP) is 4.73. The molecule has 0 aliphatic heterocycles. The van der Waals surface area contributed by atoms with Gasteiger partial charge in [-0.1, -0.05) is 79.3 Å². The number of thioether (sulfide) groups is 1. The van der Waals surface area contributed by atoms with Gasteiger partial charge in [0.2, 0.25) is 5.89 Å². The van der Waals surface area contributed by atoms with Crippen LogP contribution in [0, 0.1) is 5.92 Å². The highest BCUT2D eigenvalue weighted by atomic mass is 32.2. The Hall–Kier alpha value is -2.93. The van der Waals surface area contributed by atoms with Crippen molar-refractivity contribution in [1.29, 1.82) is 0 Å². The molecule has 0 aliphatic rings. The fraction of sp³-hybridized carbons (Fsp3) is 0.273. The predicted molar refractivity (Wildman–Crippen MR) is 113 cm³/mol. The first-order valence-corrected chi connectivity index (χ1v) is 10.7. The molecule has 0 unspecified atom stereocenters. The summed E-state index contributed by atoms with van der Waals surface area (Å²) in [6, 6.07) is 20.5. The van der Waals surface area contributed by atoms with Gasteiger partial charge in [0.15, 0.2) is 11.0 Å². The third-order valence-corrected chi connectivity index (χ3v) is 5.26. The lowest BCUT2D eigenvalue weighted by atomic mass is 10.1. The summed E-state index contributed by atoms with van der Waals surface area (Å²) in [7, 11) is 0. The van der Waals surface area contributed by atoms with Gasteiger partial charge in [0.05, 0.1) is 5.75 Å². The number of rotatable bonds is 8. The zero-order chi connectivity index (χ0) is 20.1. The Labute approximate surface area is 174 Å². The molecule has 4 rings (SSSR count). The molecule has 0 spiro atoms. The van der Waals surface area contributed by atoms with Gasteiger partial charge < -0.3 is 4.52 Å². The van der Waals surface area contributed by atoms with Crippen LogP contribution < -0.4 is 0 Å². The van der Waals surface area contributed by atoms with Gasteiger partial charge in [-0.25, -0.2) is 0 Å². The highest BCUT2D eigenvalue weighted by molar-refractivity contribution is 7.98. The molecule has 0 bridgehead atoms. The highest BCUT2D eigenvalue weighted by Crippen LogP contribution is 2.26. The second-order valence-corrected chi connectivity index (χ2v) is 8.17. The molecular formula is C22H23N5OS. The molecule has 29 heavy (non-hydrogen) atoms. The molecule has 4 aromatic rings. The van der Waals surface area contributed by atoms with Crippen molar-refractivity contribution in [1.82, 2.24) is 24.9 Å². The third kappa shape index (κ3) is 4.92. The lowest BCUT2D eigenvalue weighted by Crippen LogP contribution is -2.03. The van der Waals surface area contributed by atoms with Gasteiger partial charge >= 0.3 is 0 Å². The normalized spacial score (nSPS) is 11.3. The van der Waals surface area contributed by atoms with E-state index < -0.39 is 0 Å². The first-order valence-electron chi connectivity index (χ1n) is 9.67. The van der Waals surface area contributed by atoms with Crippen LogP contribution in [-0.2, 0) is 18.6 Å². The minimum atomic E-state index is 0.495. The van der Waals surface area contributed by atoms with Crippen molar-refractivity contribution in [3.8, 4) is 5.69 Å². The number of hydrogen-bond donors (Lipinski definition) is 0. The van der Waals surface area contributed by atoms with Gasteiger partial charge in [-0.3, -0.25) is 4.57 Å². The van der Waals surface area contributed by atoms with Crippen LogP contribution in [0.15, 0.2) is 70.3 Å². The summed E-state index contributed by atoms with van der Waals surface area (Å²) < 4.78 is 7.50. The summed E-state index contributed by atoms with van der Waals surface area (Å²) in [5.41, 5.74) is 2.24. The van der Waals surface area contributed by atoms with Crippen molar-refractivity contribution in [2.45, 2.75) is 37.6 Å². The number of benzene rings is 2. The Kier molecular flexibility index (Phi) is 6.05. The van der Waals surface area contributed by atoms with E-state index in [1.165, 1.54) is 5.56 Å². The van der Waals surface area contributed by atoms with E-state index in [0.717, 1.165) is 28.9 Å². The molecular weight excluding hydrogens is 382 g/mol. The number of para-hydroxylation sites is 1. The highest BCUT2D eigenvalue weighted by Gasteiger charge is 2.16. The summed E-state index contributed by atoms with van der Waals surface area (Å²) in [5.74, 6) is 3.31. The van der Waals surface area contributed by atoms with Crippen LogP contribution in [0.1, 0.15) is 37.0 Å². The summed E-state index contributed by atoms with van der Waals surface area (Å²) in [4.78, 5) is 4.49. The van der Waals surface area contributed by atoms with Crippen LogP contribution in [0.4, 0.5) is 0 Å². The molecule has 148 valence electrons. The van der Waals surface area contributed by atoms with Gasteiger partial charge in [-0.15, -0.1) is 10.2 Å². The molecule has 7 heteroatoms. The van der Waals surface area contributed by atoms with E-state index in [4.69, 9.17) is 4.52 Å². The zero-order valence-electron chi connectivity index (χ0n) is 16.5. The molecule has 0 atom stereocenters. The quantitative estimate of drug-likeness (QED) is 0.395. The largest absolute Gasteiger partial charge is 0.338 e. The van der Waals surface area contributed by atoms with E-state index in [1.807, 2.05) is 36.4 Å². The third-order valence-electron chi connectivity index (χ3n) is 4.35. The Morgan fingerprint density at radius 2 is 1.69 bits per heavy atom. The van der Waals surface area contributed by atoms with E-state index in [9.17, 15) is 0 Å². The monoisotopic (exact) mass is 405 g/mol. The van der Waals surface area contributed by atoms with E-state index >= 15 is 0 Å². The molecule has 0 fully saturated rings. The molecule has 0 saturated heterocycles. The summed E-state index contributed by atoms with van der Waals surface area (Å²) in [6.45, 7) is 4.28. The first kappa shape index (κ1) is 19.4. The molecule has 0 saturated carbocycles. The van der Waals surface area contributed by atoms with Crippen LogP contribution in [0.25, 0.3) is 5.69 Å². The number of hydrogen-bond acceptors (Lipinski definition) is 6. The smallest absolute Gasteiger partial charge is 0.237 e. The molecule has 6 nitrogen and oxygen atoms in total. The average Bonchev–Trinajstić information content (AvgIpc) is 3.34. The lowest BCUT2D eigenvalue weighted by Gasteiger charge is -2.09. The van der Waals surface area contributed by atoms with Gasteiger partial charge in [0.1, 0.15) is 5.82 Å². The van der Waals surface area contributed by atoms with Gasteiger partial charge in [-0.2, -0.15) is 4.98 Å². The summed E-state index contributed by atoms with van der Waals surface area (Å²) in [6.07, 6.45) is 1.53. The van der Waals surface area contributed by atoms with Crippen molar-refractivity contribution in [3.05, 3.63) is 83.8 Å². The second kappa shape index (κ2) is 9.05. The Morgan fingerprint density at radius 1 is 0.966 bits per heavy atom. The molecule has 2 aromatic heterocycles. The molecule has 0 radical (unpaired) electrons. The van der Waals surface area contributed by atoms with Crippen LogP contribution in [0.5, 0.6) is 0 Å². The van der Waals surface area contributed by atoms with Crippen molar-refractivity contribution in [2.75, 3.05) is 0 Å². The average molecular weight is 406 g/mol. The van der Waals surface area contributed by atoms with Crippen LogP contribution in [0.2, 0.25) is 0 Å². The van der Waals surface area contributed by atoms with Crippen molar-refractivity contribution >= 4 is 11.8 Å². The SMILES string of the molecule is CC(C)Cc1noc(CSc2nnc(Cc3ccccc3)n2-c2ccccc2)n1. The van der Waals surface area contributed by atoms with Gasteiger partial charge in [0.25, 0.3) is 0 Å². The number of nitrogens with zero attached hydrogens (tertiary/aromatic N) is 5. The van der Waals surface area contributed by atoms with E-state index in [2.05, 4.69) is 63.0 Å². The van der Waals surface area contributed by atoms with Crippen molar-refractivity contribution in [3.63, 3.8) is 0 Å². The van der Waals surface area contributed by atoms with E-state index in [-0.39, 0.29) is 0 Å². The van der Waals surface area contributed by atoms with Gasteiger partial charge in [0, 0.05) is 18.5 Å². The van der Waals surface area contributed by atoms with Crippen LogP contribution in [-0.4, -0.2) is 24.9 Å². The van der Waals surface area contributed by atoms with Gasteiger partial charge in [-0.05, 0) is 23.6 Å². The van der Waals surface area contributed by atoms with E-state index in [1.54, 1.807) is 11.8 Å². The fourth-order valence-electron chi connectivity index (χ4n) is 3.05. The Balaban J connectivity index is 1.57. The maximum atomic E-state index is 5.40. The Bertz CT molecular complexity index is 1040. The maximum Gasteiger partial charge on any atom is 0.237 e. The maximum absolute atomic E-state index is 5.40. The van der Waals surface area contributed by atoms with Crippen LogP contribution in [0.3, 0.4) is 0 Å². The topological polar surface area (TPSA) is 69.6 Å². The van der Waals surface area contributed by atoms with Crippen LogP contribution >= 0.6 is 11.8 Å².